The van der Waals surface area contributed by atoms with Crippen LogP contribution in [0.5, 0.6) is 0 Å². The van der Waals surface area contributed by atoms with Crippen molar-refractivity contribution in [3.63, 3.8) is 0 Å². The summed E-state index contributed by atoms with van der Waals surface area (Å²) in [6, 6.07) is 2.15. The van der Waals surface area contributed by atoms with Crippen molar-refractivity contribution in [3.8, 4) is 0 Å². The van der Waals surface area contributed by atoms with Crippen LogP contribution in [-0.4, -0.2) is 29.7 Å². The standard InChI is InChI=1S/C11H18BrNOS/c1-2-3-4-13(5-6-14)8-10-7-11(12)15-9-10/h7,9,14H,2-6,8H2,1H3. The molecule has 0 spiro atoms. The van der Waals surface area contributed by atoms with Gasteiger partial charge in [-0.1, -0.05) is 13.3 Å². The minimum absolute atomic E-state index is 0.245. The monoisotopic (exact) mass is 291 g/mol. The highest BCUT2D eigenvalue weighted by Gasteiger charge is 2.06. The molecule has 0 saturated carbocycles. The van der Waals surface area contributed by atoms with Crippen molar-refractivity contribution >= 4 is 27.3 Å². The van der Waals surface area contributed by atoms with Crippen LogP contribution < -0.4 is 0 Å². The van der Waals surface area contributed by atoms with Crippen LogP contribution in [0, 0.1) is 0 Å². The third-order valence-electron chi connectivity index (χ3n) is 2.27. The van der Waals surface area contributed by atoms with E-state index in [1.54, 1.807) is 11.3 Å². The zero-order valence-electron chi connectivity index (χ0n) is 9.08. The van der Waals surface area contributed by atoms with Gasteiger partial charge in [-0.2, -0.15) is 0 Å². The molecule has 15 heavy (non-hydrogen) atoms. The van der Waals surface area contributed by atoms with E-state index in [2.05, 4.69) is 39.2 Å². The highest BCUT2D eigenvalue weighted by atomic mass is 79.9. The number of halogens is 1. The Kier molecular flexibility index (Phi) is 6.48. The van der Waals surface area contributed by atoms with Gasteiger partial charge in [0.25, 0.3) is 0 Å². The van der Waals surface area contributed by atoms with Crippen molar-refractivity contribution in [3.05, 3.63) is 20.8 Å². The Bertz CT molecular complexity index is 277. The lowest BCUT2D eigenvalue weighted by molar-refractivity contribution is 0.188. The molecule has 1 N–H and O–H groups in total. The molecule has 0 aliphatic carbocycles. The minimum atomic E-state index is 0.245. The summed E-state index contributed by atoms with van der Waals surface area (Å²) in [5, 5.41) is 11.1. The van der Waals surface area contributed by atoms with E-state index in [1.165, 1.54) is 22.2 Å². The van der Waals surface area contributed by atoms with Crippen molar-refractivity contribution in [1.82, 2.24) is 4.90 Å². The normalized spacial score (nSPS) is 11.2. The van der Waals surface area contributed by atoms with Gasteiger partial charge in [0.15, 0.2) is 0 Å². The molecule has 0 unspecified atom stereocenters. The van der Waals surface area contributed by atoms with Crippen molar-refractivity contribution in [2.75, 3.05) is 19.7 Å². The van der Waals surface area contributed by atoms with Gasteiger partial charge in [-0.05, 0) is 45.9 Å². The highest BCUT2D eigenvalue weighted by molar-refractivity contribution is 9.11. The maximum Gasteiger partial charge on any atom is 0.0701 e. The number of aliphatic hydroxyl groups excluding tert-OH is 1. The van der Waals surface area contributed by atoms with Crippen LogP contribution >= 0.6 is 27.3 Å². The highest BCUT2D eigenvalue weighted by Crippen LogP contribution is 2.21. The molecule has 0 fully saturated rings. The Morgan fingerprint density at radius 1 is 1.47 bits per heavy atom. The Morgan fingerprint density at radius 2 is 2.27 bits per heavy atom. The second-order valence-corrected chi connectivity index (χ2v) is 5.90. The second kappa shape index (κ2) is 7.39. The molecule has 86 valence electrons. The fourth-order valence-corrected chi connectivity index (χ4v) is 2.68. The summed E-state index contributed by atoms with van der Waals surface area (Å²) >= 11 is 5.18. The minimum Gasteiger partial charge on any atom is -0.395 e. The van der Waals surface area contributed by atoms with Gasteiger partial charge in [0.05, 0.1) is 10.4 Å². The lowest BCUT2D eigenvalue weighted by Crippen LogP contribution is -2.27. The van der Waals surface area contributed by atoms with Crippen molar-refractivity contribution in [1.29, 1.82) is 0 Å². The van der Waals surface area contributed by atoms with Crippen LogP contribution in [0.2, 0.25) is 0 Å². The van der Waals surface area contributed by atoms with E-state index in [9.17, 15) is 0 Å². The molecule has 0 aromatic carbocycles. The number of hydrogen-bond acceptors (Lipinski definition) is 3. The molecule has 1 rings (SSSR count). The van der Waals surface area contributed by atoms with Crippen LogP contribution in [0.1, 0.15) is 25.3 Å². The van der Waals surface area contributed by atoms with E-state index in [0.717, 1.165) is 19.6 Å². The number of rotatable bonds is 7. The van der Waals surface area contributed by atoms with Crippen LogP contribution in [0.25, 0.3) is 0 Å². The van der Waals surface area contributed by atoms with E-state index >= 15 is 0 Å². The van der Waals surface area contributed by atoms with Crippen LogP contribution in [-0.2, 0) is 6.54 Å². The topological polar surface area (TPSA) is 23.5 Å². The first kappa shape index (κ1) is 13.2. The Balaban J connectivity index is 2.42. The van der Waals surface area contributed by atoms with E-state index in [-0.39, 0.29) is 6.61 Å². The first-order valence-electron chi connectivity index (χ1n) is 5.32. The van der Waals surface area contributed by atoms with Crippen molar-refractivity contribution < 1.29 is 5.11 Å². The maximum atomic E-state index is 8.97. The van der Waals surface area contributed by atoms with Gasteiger partial charge in [0.1, 0.15) is 0 Å². The lowest BCUT2D eigenvalue weighted by Gasteiger charge is -2.20. The van der Waals surface area contributed by atoms with E-state index in [1.807, 2.05) is 0 Å². The fourth-order valence-electron chi connectivity index (χ4n) is 1.48. The molecule has 0 bridgehead atoms. The summed E-state index contributed by atoms with van der Waals surface area (Å²) in [5.41, 5.74) is 1.33. The number of nitrogens with zero attached hydrogens (tertiary/aromatic N) is 1. The maximum absolute atomic E-state index is 8.97. The third kappa shape index (κ3) is 5.11. The molecule has 0 amide bonds. The first-order chi connectivity index (χ1) is 7.26. The number of hydrogen-bond donors (Lipinski definition) is 1. The fraction of sp³-hybridized carbons (Fsp3) is 0.636. The quantitative estimate of drug-likeness (QED) is 0.834. The third-order valence-corrected chi connectivity index (χ3v) is 3.83. The molecule has 1 aromatic rings. The molecule has 0 aliphatic rings. The van der Waals surface area contributed by atoms with Crippen LogP contribution in [0.3, 0.4) is 0 Å². The van der Waals surface area contributed by atoms with E-state index < -0.39 is 0 Å². The summed E-state index contributed by atoms with van der Waals surface area (Å²) < 4.78 is 1.18. The summed E-state index contributed by atoms with van der Waals surface area (Å²) in [5.74, 6) is 0. The van der Waals surface area contributed by atoms with Gasteiger partial charge in [-0.15, -0.1) is 11.3 Å². The zero-order valence-corrected chi connectivity index (χ0v) is 11.5. The van der Waals surface area contributed by atoms with Crippen LogP contribution in [0.4, 0.5) is 0 Å². The summed E-state index contributed by atoms with van der Waals surface area (Å²) in [4.78, 5) is 2.30. The van der Waals surface area contributed by atoms with Gasteiger partial charge in [-0.25, -0.2) is 0 Å². The van der Waals surface area contributed by atoms with Gasteiger partial charge in [0, 0.05) is 13.1 Å². The lowest BCUT2D eigenvalue weighted by atomic mass is 10.2. The summed E-state index contributed by atoms with van der Waals surface area (Å²) in [6.07, 6.45) is 2.40. The SMILES string of the molecule is CCCCN(CCO)Cc1csc(Br)c1. The molecule has 1 aromatic heterocycles. The van der Waals surface area contributed by atoms with Crippen molar-refractivity contribution in [2.24, 2.45) is 0 Å². The van der Waals surface area contributed by atoms with E-state index in [4.69, 9.17) is 5.11 Å². The molecule has 1 heterocycles. The first-order valence-corrected chi connectivity index (χ1v) is 6.99. The Labute approximate surface area is 104 Å². The molecule has 0 aliphatic heterocycles. The molecule has 0 radical (unpaired) electrons. The van der Waals surface area contributed by atoms with Crippen molar-refractivity contribution in [2.45, 2.75) is 26.3 Å². The second-order valence-electron chi connectivity index (χ2n) is 3.61. The Morgan fingerprint density at radius 3 is 2.80 bits per heavy atom. The van der Waals surface area contributed by atoms with Gasteiger partial charge in [-0.3, -0.25) is 4.90 Å². The number of aliphatic hydroxyl groups is 1. The summed E-state index contributed by atoms with van der Waals surface area (Å²) in [6.45, 7) is 5.23. The summed E-state index contributed by atoms with van der Waals surface area (Å²) in [7, 11) is 0. The largest absolute Gasteiger partial charge is 0.395 e. The Hall–Kier alpha value is 0.100. The average Bonchev–Trinajstić information content (AvgIpc) is 2.61. The predicted molar refractivity (Wildman–Crippen MR) is 69.3 cm³/mol. The van der Waals surface area contributed by atoms with Gasteiger partial charge in [0.2, 0.25) is 0 Å². The zero-order chi connectivity index (χ0) is 11.1. The molecular formula is C11H18BrNOS. The molecule has 2 nitrogen and oxygen atoms in total. The number of unbranched alkanes of at least 4 members (excludes halogenated alkanes) is 1. The van der Waals surface area contributed by atoms with E-state index in [0.29, 0.717) is 0 Å². The number of thiophene rings is 1. The molecule has 4 heteroatoms. The van der Waals surface area contributed by atoms with Gasteiger partial charge < -0.3 is 5.11 Å². The van der Waals surface area contributed by atoms with Gasteiger partial charge >= 0.3 is 0 Å². The average molecular weight is 292 g/mol. The smallest absolute Gasteiger partial charge is 0.0701 e. The predicted octanol–water partition coefficient (Wildman–Crippen LogP) is 3.11. The molecule has 0 atom stereocenters. The van der Waals surface area contributed by atoms with Crippen LogP contribution in [0.15, 0.2) is 15.2 Å². The molecular weight excluding hydrogens is 274 g/mol. The molecule has 0 saturated heterocycles.